The van der Waals surface area contributed by atoms with Crippen LogP contribution in [-0.2, 0) is 10.3 Å². The second kappa shape index (κ2) is 8.05. The molecule has 1 fully saturated rings. The molecule has 1 N–H and O–H groups in total. The first kappa shape index (κ1) is 21.2. The summed E-state index contributed by atoms with van der Waals surface area (Å²) in [7, 11) is 1.28. The Kier molecular flexibility index (Phi) is 5.68. The molecule has 0 radical (unpaired) electrons. The summed E-state index contributed by atoms with van der Waals surface area (Å²) in [5.41, 5.74) is -1.23. The van der Waals surface area contributed by atoms with Gasteiger partial charge in [0.25, 0.3) is 5.91 Å². The van der Waals surface area contributed by atoms with Gasteiger partial charge in [-0.05, 0) is 42.8 Å². The van der Waals surface area contributed by atoms with Gasteiger partial charge in [-0.2, -0.15) is 8.78 Å². The molecule has 3 rings (SSSR count). The number of hydrogen-bond acceptors (Lipinski definition) is 5. The molecule has 1 heterocycles. The first-order chi connectivity index (χ1) is 14.2. The molecule has 2 aromatic rings. The molecule has 30 heavy (non-hydrogen) atoms. The van der Waals surface area contributed by atoms with Crippen LogP contribution in [0.2, 0.25) is 0 Å². The Morgan fingerprint density at radius 2 is 1.83 bits per heavy atom. The van der Waals surface area contributed by atoms with Gasteiger partial charge in [0.15, 0.2) is 17.3 Å². The summed E-state index contributed by atoms with van der Waals surface area (Å²) < 4.78 is 47.5. The summed E-state index contributed by atoms with van der Waals surface area (Å²) in [5.74, 6) is -2.27. The van der Waals surface area contributed by atoms with Crippen LogP contribution in [0.4, 0.5) is 18.0 Å². The van der Waals surface area contributed by atoms with Crippen LogP contribution >= 0.6 is 0 Å². The number of ketones is 1. The smallest absolute Gasteiger partial charge is 0.387 e. The molecule has 3 amide bonds. The van der Waals surface area contributed by atoms with Crippen molar-refractivity contribution in [1.29, 1.82) is 0 Å². The summed E-state index contributed by atoms with van der Waals surface area (Å²) in [6, 6.07) is 7.93. The fourth-order valence-corrected chi connectivity index (χ4v) is 3.08. The van der Waals surface area contributed by atoms with Crippen molar-refractivity contribution in [3.8, 4) is 11.5 Å². The molecule has 0 spiro atoms. The second-order valence-electron chi connectivity index (χ2n) is 6.62. The minimum Gasteiger partial charge on any atom is -0.494 e. The van der Waals surface area contributed by atoms with Crippen LogP contribution in [0.25, 0.3) is 0 Å². The molecule has 158 valence electrons. The Labute approximate surface area is 169 Å². The minimum atomic E-state index is -3.00. The standard InChI is InChI=1S/C20H17F3N2O5/c1-20(12-4-6-13(7-5-12)30-18(22)23)17(27)25(19(28)24-20)10-15(26)11-3-8-16(29-2)14(21)9-11/h3-9,18H,10H2,1-2H3,(H,24,28)/t20-/m0/s1. The van der Waals surface area contributed by atoms with E-state index < -0.39 is 42.2 Å². The van der Waals surface area contributed by atoms with Gasteiger partial charge in [0.05, 0.1) is 13.7 Å². The number of halogens is 3. The lowest BCUT2D eigenvalue weighted by Crippen LogP contribution is -2.41. The van der Waals surface area contributed by atoms with Crippen LogP contribution in [-0.4, -0.2) is 42.9 Å². The van der Waals surface area contributed by atoms with Crippen molar-refractivity contribution < 1.29 is 37.0 Å². The number of imide groups is 1. The van der Waals surface area contributed by atoms with E-state index in [0.29, 0.717) is 10.5 Å². The number of hydrogen-bond donors (Lipinski definition) is 1. The zero-order valence-electron chi connectivity index (χ0n) is 15.9. The van der Waals surface area contributed by atoms with E-state index in [0.717, 1.165) is 6.07 Å². The van der Waals surface area contributed by atoms with Crippen molar-refractivity contribution in [3.05, 3.63) is 59.4 Å². The van der Waals surface area contributed by atoms with Gasteiger partial charge < -0.3 is 14.8 Å². The Morgan fingerprint density at radius 3 is 2.40 bits per heavy atom. The number of nitrogens with one attached hydrogen (secondary N) is 1. The first-order valence-corrected chi connectivity index (χ1v) is 8.72. The van der Waals surface area contributed by atoms with Crippen molar-refractivity contribution in [2.45, 2.75) is 19.1 Å². The normalized spacial score (nSPS) is 18.5. The van der Waals surface area contributed by atoms with Gasteiger partial charge in [-0.15, -0.1) is 0 Å². The average molecular weight is 422 g/mol. The van der Waals surface area contributed by atoms with Crippen LogP contribution in [0, 0.1) is 5.82 Å². The highest BCUT2D eigenvalue weighted by atomic mass is 19.3. The highest BCUT2D eigenvalue weighted by Crippen LogP contribution is 2.30. The number of Topliss-reactive ketones (excluding diaryl/α,β-unsaturated/α-hetero) is 1. The number of ether oxygens (including phenoxy) is 2. The second-order valence-corrected chi connectivity index (χ2v) is 6.62. The van der Waals surface area contributed by atoms with E-state index in [1.807, 2.05) is 0 Å². The third kappa shape index (κ3) is 3.93. The number of carbonyl (C=O) groups excluding carboxylic acids is 3. The van der Waals surface area contributed by atoms with E-state index in [2.05, 4.69) is 10.1 Å². The molecule has 7 nitrogen and oxygen atoms in total. The Hall–Kier alpha value is -3.56. The van der Waals surface area contributed by atoms with Gasteiger partial charge in [0.2, 0.25) is 0 Å². The van der Waals surface area contributed by atoms with Crippen molar-refractivity contribution in [1.82, 2.24) is 10.2 Å². The molecule has 1 aliphatic rings. The molecule has 1 aliphatic heterocycles. The number of carbonyl (C=O) groups is 3. The Balaban J connectivity index is 1.78. The van der Waals surface area contributed by atoms with E-state index in [-0.39, 0.29) is 17.1 Å². The van der Waals surface area contributed by atoms with Gasteiger partial charge in [0, 0.05) is 5.56 Å². The maximum atomic E-state index is 13.8. The predicted molar refractivity (Wildman–Crippen MR) is 98.0 cm³/mol. The maximum Gasteiger partial charge on any atom is 0.387 e. The summed E-state index contributed by atoms with van der Waals surface area (Å²) in [6.07, 6.45) is 0. The van der Waals surface area contributed by atoms with Gasteiger partial charge in [-0.3, -0.25) is 14.5 Å². The zero-order chi connectivity index (χ0) is 22.1. The number of urea groups is 1. The molecule has 0 unspecified atom stereocenters. The largest absolute Gasteiger partial charge is 0.494 e. The topological polar surface area (TPSA) is 84.9 Å². The molecule has 0 saturated carbocycles. The van der Waals surface area contributed by atoms with Crippen LogP contribution < -0.4 is 14.8 Å². The van der Waals surface area contributed by atoms with E-state index in [4.69, 9.17) is 4.74 Å². The SMILES string of the molecule is COc1ccc(C(=O)CN2C(=O)N[C@@](C)(c3ccc(OC(F)F)cc3)C2=O)cc1F. The fraction of sp³-hybridized carbons (Fsp3) is 0.250. The fourth-order valence-electron chi connectivity index (χ4n) is 3.08. The van der Waals surface area contributed by atoms with Crippen molar-refractivity contribution in [3.63, 3.8) is 0 Å². The number of rotatable bonds is 7. The summed E-state index contributed by atoms with van der Waals surface area (Å²) in [6.45, 7) is -2.17. The van der Waals surface area contributed by atoms with E-state index in [1.165, 1.54) is 50.4 Å². The molecular weight excluding hydrogens is 405 g/mol. The quantitative estimate of drug-likeness (QED) is 0.548. The van der Waals surface area contributed by atoms with Crippen LogP contribution in [0.1, 0.15) is 22.8 Å². The number of alkyl halides is 2. The van der Waals surface area contributed by atoms with Gasteiger partial charge in [0.1, 0.15) is 11.3 Å². The van der Waals surface area contributed by atoms with Gasteiger partial charge in [-0.25, -0.2) is 9.18 Å². The number of benzene rings is 2. The Morgan fingerprint density at radius 1 is 1.17 bits per heavy atom. The van der Waals surface area contributed by atoms with Gasteiger partial charge >= 0.3 is 12.6 Å². The molecule has 0 bridgehead atoms. The van der Waals surface area contributed by atoms with Crippen molar-refractivity contribution >= 4 is 17.7 Å². The number of nitrogens with zero attached hydrogens (tertiary/aromatic N) is 1. The average Bonchev–Trinajstić information content (AvgIpc) is 2.91. The lowest BCUT2D eigenvalue weighted by atomic mass is 9.92. The monoisotopic (exact) mass is 422 g/mol. The number of methoxy groups -OCH3 is 1. The minimum absolute atomic E-state index is 0.0315. The lowest BCUT2D eigenvalue weighted by molar-refractivity contribution is -0.130. The third-order valence-electron chi connectivity index (χ3n) is 4.71. The molecule has 10 heteroatoms. The molecule has 1 atom stereocenters. The van der Waals surface area contributed by atoms with Crippen molar-refractivity contribution in [2.24, 2.45) is 0 Å². The van der Waals surface area contributed by atoms with E-state index in [9.17, 15) is 27.6 Å². The number of amides is 3. The van der Waals surface area contributed by atoms with Crippen LogP contribution in [0.15, 0.2) is 42.5 Å². The summed E-state index contributed by atoms with van der Waals surface area (Å²) in [5, 5.41) is 2.50. The zero-order valence-corrected chi connectivity index (χ0v) is 15.9. The summed E-state index contributed by atoms with van der Waals surface area (Å²) >= 11 is 0. The molecule has 1 saturated heterocycles. The van der Waals surface area contributed by atoms with Crippen LogP contribution in [0.5, 0.6) is 11.5 Å². The van der Waals surface area contributed by atoms with E-state index >= 15 is 0 Å². The maximum absolute atomic E-state index is 13.8. The third-order valence-corrected chi connectivity index (χ3v) is 4.71. The highest BCUT2D eigenvalue weighted by Gasteiger charge is 2.49. The van der Waals surface area contributed by atoms with Crippen molar-refractivity contribution in [2.75, 3.05) is 13.7 Å². The molecule has 0 aliphatic carbocycles. The van der Waals surface area contributed by atoms with E-state index in [1.54, 1.807) is 0 Å². The van der Waals surface area contributed by atoms with Crippen LogP contribution in [0.3, 0.4) is 0 Å². The molecule has 2 aromatic carbocycles. The lowest BCUT2D eigenvalue weighted by Gasteiger charge is -2.22. The highest BCUT2D eigenvalue weighted by molar-refractivity contribution is 6.11. The molecule has 0 aromatic heterocycles. The predicted octanol–water partition coefficient (Wildman–Crippen LogP) is 3.09. The van der Waals surface area contributed by atoms with Gasteiger partial charge in [-0.1, -0.05) is 12.1 Å². The summed E-state index contributed by atoms with van der Waals surface area (Å²) in [4.78, 5) is 38.4. The first-order valence-electron chi connectivity index (χ1n) is 8.72. The molecular formula is C20H17F3N2O5. The Bertz CT molecular complexity index is 996.